The summed E-state index contributed by atoms with van der Waals surface area (Å²) in [4.78, 5) is 4.70. The van der Waals surface area contributed by atoms with Crippen molar-refractivity contribution in [1.29, 1.82) is 0 Å². The van der Waals surface area contributed by atoms with Crippen molar-refractivity contribution in [3.05, 3.63) is 82.8 Å². The lowest BCUT2D eigenvalue weighted by atomic mass is 10.0. The average Bonchev–Trinajstić information content (AvgIpc) is 3.22. The summed E-state index contributed by atoms with van der Waals surface area (Å²) in [5.74, 6) is 2.16. The van der Waals surface area contributed by atoms with Crippen molar-refractivity contribution < 1.29 is 9.47 Å². The molecule has 5 nitrogen and oxygen atoms in total. The topological polar surface area (TPSA) is 55.7 Å². The molecule has 0 fully saturated rings. The quantitative estimate of drug-likeness (QED) is 0.316. The third kappa shape index (κ3) is 3.67. The number of hydrogen-bond donors (Lipinski definition) is 1. The maximum atomic E-state index is 5.41. The van der Waals surface area contributed by atoms with E-state index < -0.39 is 0 Å². The first kappa shape index (κ1) is 17.7. The maximum absolute atomic E-state index is 5.41. The molecule has 0 bridgehead atoms. The minimum absolute atomic E-state index is 0.258. The zero-order chi connectivity index (χ0) is 19.6. The van der Waals surface area contributed by atoms with Crippen LogP contribution in [0.25, 0.3) is 22.0 Å². The van der Waals surface area contributed by atoms with Gasteiger partial charge in [-0.15, -0.1) is 0 Å². The van der Waals surface area contributed by atoms with Gasteiger partial charge in [0.1, 0.15) is 5.82 Å². The maximum Gasteiger partial charge on any atom is 0.231 e. The van der Waals surface area contributed by atoms with Crippen LogP contribution in [-0.2, 0) is 0 Å². The first-order valence-electron chi connectivity index (χ1n) is 9.11. The van der Waals surface area contributed by atoms with Crippen molar-refractivity contribution in [3.63, 3.8) is 0 Å². The summed E-state index contributed by atoms with van der Waals surface area (Å²) >= 11 is 3.56. The lowest BCUT2D eigenvalue weighted by Gasteiger charge is -2.10. The number of halogens is 1. The summed E-state index contributed by atoms with van der Waals surface area (Å²) in [6.07, 6.45) is 1.73. The highest BCUT2D eigenvalue weighted by Crippen LogP contribution is 2.33. The van der Waals surface area contributed by atoms with Gasteiger partial charge < -0.3 is 9.47 Å². The fraction of sp³-hybridized carbons (Fsp3) is 0.0435. The van der Waals surface area contributed by atoms with Crippen LogP contribution in [0.1, 0.15) is 5.56 Å². The van der Waals surface area contributed by atoms with E-state index in [0.717, 1.165) is 43.6 Å². The second kappa shape index (κ2) is 7.56. The summed E-state index contributed by atoms with van der Waals surface area (Å²) in [5, 5.41) is 5.43. The minimum atomic E-state index is 0.258. The number of hydrogen-bond acceptors (Lipinski definition) is 5. The van der Waals surface area contributed by atoms with E-state index in [1.807, 2.05) is 54.6 Å². The van der Waals surface area contributed by atoms with Crippen LogP contribution in [0.3, 0.4) is 0 Å². The Bertz CT molecular complexity index is 1230. The average molecular weight is 446 g/mol. The zero-order valence-corrected chi connectivity index (χ0v) is 16.9. The van der Waals surface area contributed by atoms with E-state index in [9.17, 15) is 0 Å². The van der Waals surface area contributed by atoms with Gasteiger partial charge >= 0.3 is 0 Å². The molecule has 0 amide bonds. The highest BCUT2D eigenvalue weighted by molar-refractivity contribution is 9.10. The number of pyridine rings is 1. The monoisotopic (exact) mass is 445 g/mol. The number of hydrazone groups is 1. The molecule has 3 aromatic carbocycles. The van der Waals surface area contributed by atoms with Gasteiger partial charge in [0.2, 0.25) is 6.79 Å². The van der Waals surface area contributed by atoms with Gasteiger partial charge in [0.15, 0.2) is 11.5 Å². The lowest BCUT2D eigenvalue weighted by molar-refractivity contribution is 0.174. The highest BCUT2D eigenvalue weighted by Gasteiger charge is 2.12. The number of ether oxygens (including phenoxy) is 2. The Balaban J connectivity index is 1.48. The van der Waals surface area contributed by atoms with Crippen molar-refractivity contribution in [2.24, 2.45) is 5.10 Å². The van der Waals surface area contributed by atoms with E-state index in [4.69, 9.17) is 14.5 Å². The van der Waals surface area contributed by atoms with Gasteiger partial charge in [0, 0.05) is 9.86 Å². The van der Waals surface area contributed by atoms with E-state index in [1.54, 1.807) is 6.21 Å². The first-order valence-corrected chi connectivity index (χ1v) is 9.90. The molecule has 4 aromatic rings. The van der Waals surface area contributed by atoms with Gasteiger partial charge in [-0.05, 0) is 59.2 Å². The third-order valence-electron chi connectivity index (χ3n) is 4.64. The van der Waals surface area contributed by atoms with Crippen LogP contribution in [0.15, 0.2) is 82.4 Å². The second-order valence-electron chi connectivity index (χ2n) is 6.57. The van der Waals surface area contributed by atoms with Gasteiger partial charge in [-0.2, -0.15) is 5.10 Å². The molecule has 2 heterocycles. The Morgan fingerprint density at radius 3 is 2.69 bits per heavy atom. The van der Waals surface area contributed by atoms with E-state index in [2.05, 4.69) is 44.7 Å². The summed E-state index contributed by atoms with van der Waals surface area (Å²) in [6.45, 7) is 0.258. The van der Waals surface area contributed by atoms with Crippen molar-refractivity contribution in [1.82, 2.24) is 4.98 Å². The molecule has 5 rings (SSSR count). The number of fused-ring (bicyclic) bond motifs is 2. The predicted molar refractivity (Wildman–Crippen MR) is 119 cm³/mol. The Morgan fingerprint density at radius 2 is 1.79 bits per heavy atom. The van der Waals surface area contributed by atoms with E-state index >= 15 is 0 Å². The molecule has 1 aromatic heterocycles. The molecule has 0 radical (unpaired) electrons. The summed E-state index contributed by atoms with van der Waals surface area (Å²) in [7, 11) is 0. The predicted octanol–water partition coefficient (Wildman–Crippen LogP) is 5.84. The fourth-order valence-corrected chi connectivity index (χ4v) is 3.64. The van der Waals surface area contributed by atoms with E-state index in [-0.39, 0.29) is 6.79 Å². The fourth-order valence-electron chi connectivity index (χ4n) is 3.28. The number of nitrogens with zero attached hydrogens (tertiary/aromatic N) is 2. The van der Waals surface area contributed by atoms with Gasteiger partial charge in [0.05, 0.1) is 11.7 Å². The normalized spacial score (nSPS) is 12.6. The minimum Gasteiger partial charge on any atom is -0.454 e. The summed E-state index contributed by atoms with van der Waals surface area (Å²) < 4.78 is 11.8. The second-order valence-corrected chi connectivity index (χ2v) is 7.48. The van der Waals surface area contributed by atoms with Crippen LogP contribution in [0, 0.1) is 0 Å². The van der Waals surface area contributed by atoms with Crippen LogP contribution in [0.4, 0.5) is 5.82 Å². The van der Waals surface area contributed by atoms with E-state index in [0.29, 0.717) is 5.82 Å². The van der Waals surface area contributed by atoms with Crippen LogP contribution < -0.4 is 14.9 Å². The smallest absolute Gasteiger partial charge is 0.231 e. The summed E-state index contributed by atoms with van der Waals surface area (Å²) in [5.41, 5.74) is 7.08. The number of benzene rings is 3. The lowest BCUT2D eigenvalue weighted by Crippen LogP contribution is -1.96. The molecule has 1 aliphatic heterocycles. The molecule has 0 unspecified atom stereocenters. The standard InChI is InChI=1S/C23H16BrN3O2/c24-17-7-8-20-19(11-17)18(16-4-2-1-3-5-16)12-23(26-20)27-25-13-15-6-9-21-22(10-15)29-14-28-21/h1-13H,14H2,(H,26,27)/b25-13+. The molecule has 0 atom stereocenters. The molecule has 0 spiro atoms. The first-order chi connectivity index (χ1) is 14.3. The number of aromatic nitrogens is 1. The molecule has 0 saturated carbocycles. The third-order valence-corrected chi connectivity index (χ3v) is 5.14. The number of nitrogens with one attached hydrogen (secondary N) is 1. The van der Waals surface area contributed by atoms with Crippen LogP contribution in [-0.4, -0.2) is 18.0 Å². The Morgan fingerprint density at radius 1 is 0.931 bits per heavy atom. The van der Waals surface area contributed by atoms with Gasteiger partial charge in [-0.1, -0.05) is 46.3 Å². The number of anilines is 1. The molecule has 0 aliphatic carbocycles. The Hall–Kier alpha value is -3.38. The van der Waals surface area contributed by atoms with E-state index in [1.165, 1.54) is 0 Å². The Labute approximate surface area is 176 Å². The van der Waals surface area contributed by atoms with Gasteiger partial charge in [-0.3, -0.25) is 5.43 Å². The largest absolute Gasteiger partial charge is 0.454 e. The van der Waals surface area contributed by atoms with Crippen LogP contribution in [0.2, 0.25) is 0 Å². The molecular formula is C23H16BrN3O2. The van der Waals surface area contributed by atoms with Crippen molar-refractivity contribution in [3.8, 4) is 22.6 Å². The van der Waals surface area contributed by atoms with Crippen molar-refractivity contribution >= 4 is 38.9 Å². The van der Waals surface area contributed by atoms with Crippen LogP contribution >= 0.6 is 15.9 Å². The highest BCUT2D eigenvalue weighted by atomic mass is 79.9. The molecule has 142 valence electrons. The molecule has 1 aliphatic rings. The molecule has 0 saturated heterocycles. The number of rotatable bonds is 4. The molecule has 1 N–H and O–H groups in total. The van der Waals surface area contributed by atoms with Crippen molar-refractivity contribution in [2.75, 3.05) is 12.2 Å². The van der Waals surface area contributed by atoms with Crippen LogP contribution in [0.5, 0.6) is 11.5 Å². The molecular weight excluding hydrogens is 430 g/mol. The molecule has 29 heavy (non-hydrogen) atoms. The SMILES string of the molecule is Brc1ccc2nc(N/N=C/c3ccc4c(c3)OCO4)cc(-c3ccccc3)c2c1. The van der Waals surface area contributed by atoms with Gasteiger partial charge in [0.25, 0.3) is 0 Å². The van der Waals surface area contributed by atoms with Gasteiger partial charge in [-0.25, -0.2) is 4.98 Å². The zero-order valence-electron chi connectivity index (χ0n) is 15.3. The summed E-state index contributed by atoms with van der Waals surface area (Å²) in [6, 6.07) is 24.1. The Kier molecular flexibility index (Phi) is 4.62. The molecule has 6 heteroatoms. The van der Waals surface area contributed by atoms with Crippen molar-refractivity contribution in [2.45, 2.75) is 0 Å².